The number of rotatable bonds is 7. The van der Waals surface area contributed by atoms with Crippen LogP contribution in [0.15, 0.2) is 66.7 Å². The Morgan fingerprint density at radius 3 is 2.44 bits per heavy atom. The molecule has 0 spiro atoms. The lowest BCUT2D eigenvalue weighted by molar-refractivity contribution is 0.0512. The number of carbonyl (C=O) groups excluding carboxylic acids is 2. The first-order valence-corrected chi connectivity index (χ1v) is 11.0. The standard InChI is InChI=1S/C24H22N4O3S/c1-3-31-23(30)20-14-19(27-28(20)15-17-10-6-4-7-11-17)21-16(2)25-24(32-21)26-22(29)18-12-8-5-9-13-18/h4-14H,3,15H2,1-2H3,(H,25,26,29). The summed E-state index contributed by atoms with van der Waals surface area (Å²) in [6.07, 6.45) is 0. The van der Waals surface area contributed by atoms with Gasteiger partial charge in [0.2, 0.25) is 0 Å². The van der Waals surface area contributed by atoms with Crippen molar-refractivity contribution in [2.24, 2.45) is 0 Å². The SMILES string of the molecule is CCOC(=O)c1cc(-c2sc(NC(=O)c3ccccc3)nc2C)nn1Cc1ccccc1. The number of hydrogen-bond acceptors (Lipinski definition) is 6. The van der Waals surface area contributed by atoms with E-state index in [9.17, 15) is 9.59 Å². The van der Waals surface area contributed by atoms with Crippen LogP contribution in [0.2, 0.25) is 0 Å². The summed E-state index contributed by atoms with van der Waals surface area (Å²) >= 11 is 1.32. The number of ether oxygens (including phenoxy) is 1. The minimum Gasteiger partial charge on any atom is -0.461 e. The van der Waals surface area contributed by atoms with Gasteiger partial charge in [-0.15, -0.1) is 0 Å². The number of esters is 1. The van der Waals surface area contributed by atoms with Crippen molar-refractivity contribution in [3.63, 3.8) is 0 Å². The van der Waals surface area contributed by atoms with Crippen LogP contribution in [-0.4, -0.2) is 33.2 Å². The van der Waals surface area contributed by atoms with Gasteiger partial charge in [-0.2, -0.15) is 5.10 Å². The Labute approximate surface area is 189 Å². The highest BCUT2D eigenvalue weighted by Crippen LogP contribution is 2.33. The molecule has 4 rings (SSSR count). The van der Waals surface area contributed by atoms with Crippen LogP contribution in [0.25, 0.3) is 10.6 Å². The fraction of sp³-hybridized carbons (Fsp3) is 0.167. The molecule has 1 N–H and O–H groups in total. The molecule has 0 fully saturated rings. The topological polar surface area (TPSA) is 86.1 Å². The number of thiazole rings is 1. The summed E-state index contributed by atoms with van der Waals surface area (Å²) in [5.41, 5.74) is 3.27. The van der Waals surface area contributed by atoms with E-state index in [1.54, 1.807) is 29.8 Å². The molecule has 4 aromatic rings. The molecule has 2 aromatic carbocycles. The molecule has 0 saturated heterocycles. The fourth-order valence-corrected chi connectivity index (χ4v) is 4.14. The van der Waals surface area contributed by atoms with Gasteiger partial charge in [0.05, 0.1) is 23.7 Å². The number of aromatic nitrogens is 3. The molecular formula is C24H22N4O3S. The quantitative estimate of drug-likeness (QED) is 0.413. The van der Waals surface area contributed by atoms with E-state index in [1.807, 2.05) is 55.5 Å². The minimum atomic E-state index is -0.429. The second-order valence-corrected chi connectivity index (χ2v) is 8.03. The maximum Gasteiger partial charge on any atom is 0.356 e. The van der Waals surface area contributed by atoms with Gasteiger partial charge < -0.3 is 4.74 Å². The number of benzene rings is 2. The summed E-state index contributed by atoms with van der Waals surface area (Å²) < 4.78 is 6.87. The molecule has 0 aliphatic heterocycles. The van der Waals surface area contributed by atoms with Crippen LogP contribution in [0.3, 0.4) is 0 Å². The van der Waals surface area contributed by atoms with Crippen LogP contribution in [0.1, 0.15) is 39.0 Å². The van der Waals surface area contributed by atoms with Gasteiger partial charge in [0.25, 0.3) is 5.91 Å². The second kappa shape index (κ2) is 9.57. The minimum absolute atomic E-state index is 0.229. The third-order valence-electron chi connectivity index (χ3n) is 4.73. The Morgan fingerprint density at radius 1 is 1.06 bits per heavy atom. The molecule has 1 amide bonds. The van der Waals surface area contributed by atoms with Gasteiger partial charge in [-0.3, -0.25) is 14.8 Å². The molecule has 0 aliphatic rings. The van der Waals surface area contributed by atoms with Crippen molar-refractivity contribution in [1.82, 2.24) is 14.8 Å². The lowest BCUT2D eigenvalue weighted by Gasteiger charge is -2.06. The van der Waals surface area contributed by atoms with Gasteiger partial charge >= 0.3 is 5.97 Å². The molecular weight excluding hydrogens is 424 g/mol. The fourth-order valence-electron chi connectivity index (χ4n) is 3.22. The largest absolute Gasteiger partial charge is 0.461 e. The summed E-state index contributed by atoms with van der Waals surface area (Å²) in [4.78, 5) is 30.3. The van der Waals surface area contributed by atoms with E-state index in [-0.39, 0.29) is 12.5 Å². The third kappa shape index (κ3) is 4.76. The number of amides is 1. The Balaban J connectivity index is 1.63. The first kappa shape index (κ1) is 21.5. The normalized spacial score (nSPS) is 10.7. The van der Waals surface area contributed by atoms with Gasteiger partial charge in [0, 0.05) is 5.56 Å². The van der Waals surface area contributed by atoms with Crippen LogP contribution in [0, 0.1) is 6.92 Å². The van der Waals surface area contributed by atoms with Crippen molar-refractivity contribution < 1.29 is 14.3 Å². The highest BCUT2D eigenvalue weighted by molar-refractivity contribution is 7.19. The van der Waals surface area contributed by atoms with Crippen LogP contribution in [0.5, 0.6) is 0 Å². The molecule has 2 heterocycles. The average Bonchev–Trinajstić information content (AvgIpc) is 3.38. The monoisotopic (exact) mass is 446 g/mol. The molecule has 0 bridgehead atoms. The van der Waals surface area contributed by atoms with E-state index >= 15 is 0 Å². The zero-order valence-corrected chi connectivity index (χ0v) is 18.6. The van der Waals surface area contributed by atoms with Crippen LogP contribution in [0.4, 0.5) is 5.13 Å². The summed E-state index contributed by atoms with van der Waals surface area (Å²) in [5.74, 6) is -0.658. The van der Waals surface area contributed by atoms with E-state index in [1.165, 1.54) is 11.3 Å². The molecule has 162 valence electrons. The highest BCUT2D eigenvalue weighted by Gasteiger charge is 2.21. The van der Waals surface area contributed by atoms with Gasteiger partial charge in [-0.05, 0) is 37.6 Å². The molecule has 8 heteroatoms. The predicted molar refractivity (Wildman–Crippen MR) is 124 cm³/mol. The van der Waals surface area contributed by atoms with E-state index in [0.717, 1.165) is 16.1 Å². The Bertz CT molecular complexity index is 1230. The number of nitrogens with zero attached hydrogens (tertiary/aromatic N) is 3. The molecule has 0 unspecified atom stereocenters. The summed E-state index contributed by atoms with van der Waals surface area (Å²) in [6, 6.07) is 20.5. The molecule has 0 aliphatic carbocycles. The van der Waals surface area contributed by atoms with Crippen LogP contribution >= 0.6 is 11.3 Å². The van der Waals surface area contributed by atoms with Crippen molar-refractivity contribution in [2.45, 2.75) is 20.4 Å². The number of carbonyl (C=O) groups is 2. The third-order valence-corrected chi connectivity index (χ3v) is 5.82. The zero-order chi connectivity index (χ0) is 22.5. The first-order valence-electron chi connectivity index (χ1n) is 10.2. The van der Waals surface area contributed by atoms with Gasteiger partial charge in [0.1, 0.15) is 11.4 Å². The van der Waals surface area contributed by atoms with E-state index in [0.29, 0.717) is 28.6 Å². The molecule has 32 heavy (non-hydrogen) atoms. The zero-order valence-electron chi connectivity index (χ0n) is 17.7. The van der Waals surface area contributed by atoms with Crippen LogP contribution in [-0.2, 0) is 11.3 Å². The number of aryl methyl sites for hydroxylation is 1. The van der Waals surface area contributed by atoms with Crippen molar-refractivity contribution >= 4 is 28.3 Å². The molecule has 0 saturated carbocycles. The maximum atomic E-state index is 12.5. The van der Waals surface area contributed by atoms with Crippen molar-refractivity contribution in [3.8, 4) is 10.6 Å². The van der Waals surface area contributed by atoms with Crippen molar-refractivity contribution in [1.29, 1.82) is 0 Å². The smallest absolute Gasteiger partial charge is 0.356 e. The van der Waals surface area contributed by atoms with E-state index in [4.69, 9.17) is 4.74 Å². The lowest BCUT2D eigenvalue weighted by atomic mass is 10.2. The molecule has 7 nitrogen and oxygen atoms in total. The average molecular weight is 447 g/mol. The van der Waals surface area contributed by atoms with Gasteiger partial charge in [-0.25, -0.2) is 9.78 Å². The molecule has 2 aromatic heterocycles. The Hall–Kier alpha value is -3.78. The van der Waals surface area contributed by atoms with Crippen molar-refractivity contribution in [3.05, 3.63) is 89.2 Å². The predicted octanol–water partition coefficient (Wildman–Crippen LogP) is 4.79. The molecule has 0 atom stereocenters. The van der Waals surface area contributed by atoms with Gasteiger partial charge in [0.15, 0.2) is 5.13 Å². The summed E-state index contributed by atoms with van der Waals surface area (Å²) in [7, 11) is 0. The van der Waals surface area contributed by atoms with E-state index < -0.39 is 5.97 Å². The van der Waals surface area contributed by atoms with Gasteiger partial charge in [-0.1, -0.05) is 59.9 Å². The van der Waals surface area contributed by atoms with Crippen molar-refractivity contribution in [2.75, 3.05) is 11.9 Å². The van der Waals surface area contributed by atoms with E-state index in [2.05, 4.69) is 15.4 Å². The number of hydrogen-bond donors (Lipinski definition) is 1. The maximum absolute atomic E-state index is 12.5. The second-order valence-electron chi connectivity index (χ2n) is 7.03. The Kier molecular flexibility index (Phi) is 6.42. The highest BCUT2D eigenvalue weighted by atomic mass is 32.1. The number of nitrogens with one attached hydrogen (secondary N) is 1. The summed E-state index contributed by atoms with van der Waals surface area (Å²) in [6.45, 7) is 4.33. The summed E-state index contributed by atoms with van der Waals surface area (Å²) in [5, 5.41) is 7.97. The lowest BCUT2D eigenvalue weighted by Crippen LogP contribution is -2.14. The Morgan fingerprint density at radius 2 is 1.75 bits per heavy atom. The number of anilines is 1. The molecule has 0 radical (unpaired) electrons. The van der Waals surface area contributed by atoms with Crippen LogP contribution < -0.4 is 5.32 Å². The first-order chi connectivity index (χ1) is 15.5.